The van der Waals surface area contributed by atoms with Crippen molar-refractivity contribution in [3.8, 4) is 17.6 Å². The first-order valence-corrected chi connectivity index (χ1v) is 9.34. The quantitative estimate of drug-likeness (QED) is 0.572. The van der Waals surface area contributed by atoms with Crippen LogP contribution >= 0.6 is 23.2 Å². The van der Waals surface area contributed by atoms with Gasteiger partial charge in [-0.05, 0) is 30.2 Å². The van der Waals surface area contributed by atoms with E-state index < -0.39 is 11.7 Å². The molecule has 0 atom stereocenters. The second-order valence-electron chi connectivity index (χ2n) is 6.02. The molecule has 3 rings (SSSR count). The third kappa shape index (κ3) is 4.67. The molecular formula is C20H15Cl2FN4O2. The predicted octanol–water partition coefficient (Wildman–Crippen LogP) is 5.01. The van der Waals surface area contributed by atoms with Gasteiger partial charge in [-0.1, -0.05) is 42.3 Å². The molecule has 3 aromatic rings. The van der Waals surface area contributed by atoms with E-state index in [1.807, 2.05) is 13.0 Å². The number of benzene rings is 2. The first-order valence-electron chi connectivity index (χ1n) is 8.58. The summed E-state index contributed by atoms with van der Waals surface area (Å²) in [5, 5.41) is 12.1. The van der Waals surface area contributed by atoms with Gasteiger partial charge in [0.2, 0.25) is 0 Å². The van der Waals surface area contributed by atoms with Gasteiger partial charge in [0.15, 0.2) is 17.3 Å². The number of carbonyl (C=O) groups is 1. The fraction of sp³-hybridized carbons (Fsp3) is 0.150. The minimum absolute atomic E-state index is 0.0169. The summed E-state index contributed by atoms with van der Waals surface area (Å²) in [4.78, 5) is 18.6. The zero-order valence-electron chi connectivity index (χ0n) is 15.2. The molecule has 0 aliphatic rings. The molecule has 2 aromatic carbocycles. The number of ether oxygens (including phenoxy) is 1. The third-order valence-corrected chi connectivity index (χ3v) is 4.61. The van der Waals surface area contributed by atoms with Crippen molar-refractivity contribution < 1.29 is 13.9 Å². The van der Waals surface area contributed by atoms with Crippen LogP contribution in [-0.4, -0.2) is 15.9 Å². The van der Waals surface area contributed by atoms with E-state index in [4.69, 9.17) is 33.2 Å². The number of rotatable bonds is 6. The number of aromatic amines is 1. The summed E-state index contributed by atoms with van der Waals surface area (Å²) in [5.74, 6) is -0.891. The SMILES string of the molecule is CCc1ccc(CNC(=O)c2nc[nH]c2Cl)c(F)c1Oc1cc(Cl)cc(C#N)c1. The second-order valence-corrected chi connectivity index (χ2v) is 6.83. The lowest BCUT2D eigenvalue weighted by Crippen LogP contribution is -2.24. The molecule has 0 unspecified atom stereocenters. The van der Waals surface area contributed by atoms with Crippen molar-refractivity contribution in [3.63, 3.8) is 0 Å². The van der Waals surface area contributed by atoms with Gasteiger partial charge in [-0.15, -0.1) is 0 Å². The molecule has 0 saturated carbocycles. The number of aryl methyl sites for hydroxylation is 1. The van der Waals surface area contributed by atoms with E-state index in [9.17, 15) is 4.79 Å². The lowest BCUT2D eigenvalue weighted by atomic mass is 10.1. The molecule has 0 bridgehead atoms. The second kappa shape index (κ2) is 8.95. The topological polar surface area (TPSA) is 90.8 Å². The van der Waals surface area contributed by atoms with Gasteiger partial charge in [-0.2, -0.15) is 5.26 Å². The monoisotopic (exact) mass is 432 g/mol. The van der Waals surface area contributed by atoms with Gasteiger partial charge in [0, 0.05) is 17.1 Å². The number of nitrogens with one attached hydrogen (secondary N) is 2. The standard InChI is InChI=1S/C20H15Cl2FN4O2/c1-2-12-3-4-13(9-25-20(28)17-19(22)27-10-26-17)16(23)18(12)29-15-6-11(8-24)5-14(21)7-15/h3-7,10H,2,9H2,1H3,(H,25,28)(H,26,27). The normalized spacial score (nSPS) is 10.4. The maximum atomic E-state index is 15.1. The number of nitrogens with zero attached hydrogens (tertiary/aromatic N) is 2. The van der Waals surface area contributed by atoms with Crippen molar-refractivity contribution in [3.05, 3.63) is 75.0 Å². The summed E-state index contributed by atoms with van der Waals surface area (Å²) in [6.45, 7) is 1.77. The van der Waals surface area contributed by atoms with E-state index in [0.717, 1.165) is 0 Å². The van der Waals surface area contributed by atoms with Crippen LogP contribution in [0.3, 0.4) is 0 Å². The molecule has 0 aliphatic carbocycles. The van der Waals surface area contributed by atoms with Gasteiger partial charge in [0.25, 0.3) is 5.91 Å². The molecule has 6 nitrogen and oxygen atoms in total. The van der Waals surface area contributed by atoms with Crippen LogP contribution in [0, 0.1) is 17.1 Å². The number of carbonyl (C=O) groups excluding carboxylic acids is 1. The zero-order chi connectivity index (χ0) is 21.0. The number of H-pyrrole nitrogens is 1. The molecule has 148 valence electrons. The average Bonchev–Trinajstić information content (AvgIpc) is 3.14. The minimum atomic E-state index is -0.615. The fourth-order valence-corrected chi connectivity index (χ4v) is 3.07. The summed E-state index contributed by atoms with van der Waals surface area (Å²) < 4.78 is 20.9. The molecule has 0 saturated heterocycles. The Morgan fingerprint density at radius 2 is 2.07 bits per heavy atom. The Morgan fingerprint density at radius 1 is 1.31 bits per heavy atom. The Bertz CT molecular complexity index is 1110. The minimum Gasteiger partial charge on any atom is -0.454 e. The van der Waals surface area contributed by atoms with Gasteiger partial charge >= 0.3 is 0 Å². The maximum absolute atomic E-state index is 15.1. The molecular weight excluding hydrogens is 418 g/mol. The number of halogens is 3. The highest BCUT2D eigenvalue weighted by Gasteiger charge is 2.18. The van der Waals surface area contributed by atoms with Crippen molar-refractivity contribution in [2.24, 2.45) is 0 Å². The molecule has 29 heavy (non-hydrogen) atoms. The zero-order valence-corrected chi connectivity index (χ0v) is 16.7. The average molecular weight is 433 g/mol. The number of nitriles is 1. The Hall–Kier alpha value is -3.08. The number of imidazole rings is 1. The number of aromatic nitrogens is 2. The largest absolute Gasteiger partial charge is 0.454 e. The molecule has 9 heteroatoms. The molecule has 1 amide bonds. The van der Waals surface area contributed by atoms with E-state index in [0.29, 0.717) is 22.6 Å². The lowest BCUT2D eigenvalue weighted by molar-refractivity contribution is 0.0946. The summed E-state index contributed by atoms with van der Waals surface area (Å²) in [7, 11) is 0. The van der Waals surface area contributed by atoms with Crippen molar-refractivity contribution in [2.45, 2.75) is 19.9 Å². The van der Waals surface area contributed by atoms with Crippen molar-refractivity contribution in [2.75, 3.05) is 0 Å². The smallest absolute Gasteiger partial charge is 0.273 e. The van der Waals surface area contributed by atoms with Gasteiger partial charge in [0.05, 0.1) is 18.0 Å². The fourth-order valence-electron chi connectivity index (χ4n) is 2.66. The Labute approximate surface area is 176 Å². The summed E-state index contributed by atoms with van der Waals surface area (Å²) >= 11 is 11.8. The molecule has 0 aliphatic heterocycles. The summed E-state index contributed by atoms with van der Waals surface area (Å²) in [6, 6.07) is 9.72. The van der Waals surface area contributed by atoms with Crippen molar-refractivity contribution in [1.29, 1.82) is 5.26 Å². The molecule has 1 heterocycles. The molecule has 2 N–H and O–H groups in total. The third-order valence-electron chi connectivity index (χ3n) is 4.11. The van der Waals surface area contributed by atoms with Crippen LogP contribution in [0.4, 0.5) is 4.39 Å². The predicted molar refractivity (Wildman–Crippen MR) is 107 cm³/mol. The first-order chi connectivity index (χ1) is 13.9. The van der Waals surface area contributed by atoms with Crippen LogP contribution in [0.5, 0.6) is 11.5 Å². The Kier molecular flexibility index (Phi) is 6.37. The van der Waals surface area contributed by atoms with Crippen LogP contribution in [0.2, 0.25) is 10.2 Å². The number of hydrogen-bond donors (Lipinski definition) is 2. The number of hydrogen-bond acceptors (Lipinski definition) is 4. The number of amides is 1. The van der Waals surface area contributed by atoms with Crippen LogP contribution < -0.4 is 10.1 Å². The van der Waals surface area contributed by atoms with Crippen LogP contribution in [0.15, 0.2) is 36.7 Å². The van der Waals surface area contributed by atoms with E-state index >= 15 is 4.39 Å². The molecule has 1 aromatic heterocycles. The van der Waals surface area contributed by atoms with Crippen LogP contribution in [0.25, 0.3) is 0 Å². The van der Waals surface area contributed by atoms with Gasteiger partial charge in [-0.25, -0.2) is 9.37 Å². The highest BCUT2D eigenvalue weighted by Crippen LogP contribution is 2.33. The Balaban J connectivity index is 1.86. The van der Waals surface area contributed by atoms with E-state index in [-0.39, 0.29) is 34.5 Å². The summed E-state index contributed by atoms with van der Waals surface area (Å²) in [5.41, 5.74) is 1.17. The van der Waals surface area contributed by atoms with Gasteiger partial charge in [-0.3, -0.25) is 4.79 Å². The maximum Gasteiger partial charge on any atom is 0.273 e. The van der Waals surface area contributed by atoms with Gasteiger partial charge in [0.1, 0.15) is 10.9 Å². The summed E-state index contributed by atoms with van der Waals surface area (Å²) in [6.07, 6.45) is 1.81. The highest BCUT2D eigenvalue weighted by molar-refractivity contribution is 6.32. The van der Waals surface area contributed by atoms with Crippen LogP contribution in [0.1, 0.15) is 34.1 Å². The molecule has 0 radical (unpaired) electrons. The van der Waals surface area contributed by atoms with Crippen molar-refractivity contribution >= 4 is 29.1 Å². The Morgan fingerprint density at radius 3 is 2.72 bits per heavy atom. The first kappa shape index (κ1) is 20.6. The molecule has 0 fully saturated rings. The lowest BCUT2D eigenvalue weighted by Gasteiger charge is -2.15. The van der Waals surface area contributed by atoms with E-state index in [1.54, 1.807) is 12.1 Å². The van der Waals surface area contributed by atoms with Crippen molar-refractivity contribution in [1.82, 2.24) is 15.3 Å². The van der Waals surface area contributed by atoms with Crippen LogP contribution in [-0.2, 0) is 13.0 Å². The van der Waals surface area contributed by atoms with E-state index in [1.165, 1.54) is 24.5 Å². The van der Waals surface area contributed by atoms with Gasteiger partial charge < -0.3 is 15.0 Å². The van der Waals surface area contributed by atoms with E-state index in [2.05, 4.69) is 15.3 Å². The highest BCUT2D eigenvalue weighted by atomic mass is 35.5. The molecule has 0 spiro atoms.